The number of rotatable bonds is 2. The van der Waals surface area contributed by atoms with E-state index in [-0.39, 0.29) is 5.41 Å². The topological polar surface area (TPSA) is 30.2 Å². The van der Waals surface area contributed by atoms with Gasteiger partial charge in [0, 0.05) is 6.20 Å². The van der Waals surface area contributed by atoms with Crippen molar-refractivity contribution >= 4 is 5.65 Å². The fraction of sp³-hybridized carbons (Fsp3) is 0.455. The van der Waals surface area contributed by atoms with E-state index in [9.17, 15) is 0 Å². The second-order valence-corrected chi connectivity index (χ2v) is 4.25. The molecule has 3 nitrogen and oxygen atoms in total. The molecule has 0 aliphatic heterocycles. The molecule has 0 saturated carbocycles. The molecular formula is C11H15N3. The Hall–Kier alpha value is -1.38. The van der Waals surface area contributed by atoms with Crippen molar-refractivity contribution in [2.45, 2.75) is 32.6 Å². The summed E-state index contributed by atoms with van der Waals surface area (Å²) in [4.78, 5) is 0. The van der Waals surface area contributed by atoms with E-state index in [1.165, 1.54) is 5.56 Å². The molecule has 2 heterocycles. The van der Waals surface area contributed by atoms with Crippen LogP contribution in [0.3, 0.4) is 0 Å². The fourth-order valence-corrected chi connectivity index (χ4v) is 1.44. The first-order chi connectivity index (χ1) is 6.63. The van der Waals surface area contributed by atoms with Crippen LogP contribution in [-0.4, -0.2) is 14.6 Å². The van der Waals surface area contributed by atoms with Gasteiger partial charge in [0.1, 0.15) is 6.33 Å². The standard InChI is InChI=1S/C11H15N3/c1-4-11(2,3)9-5-6-14-8-12-13-10(14)7-9/h5-8H,4H2,1-3H3. The van der Waals surface area contributed by atoms with Gasteiger partial charge in [0.2, 0.25) is 0 Å². The van der Waals surface area contributed by atoms with E-state index in [1.807, 2.05) is 10.6 Å². The van der Waals surface area contributed by atoms with Gasteiger partial charge in [0.25, 0.3) is 0 Å². The maximum atomic E-state index is 4.04. The molecule has 2 rings (SSSR count). The summed E-state index contributed by atoms with van der Waals surface area (Å²) in [5.74, 6) is 0. The average molecular weight is 189 g/mol. The molecule has 0 saturated heterocycles. The fourth-order valence-electron chi connectivity index (χ4n) is 1.44. The molecule has 0 aliphatic rings. The highest BCUT2D eigenvalue weighted by Gasteiger charge is 2.18. The lowest BCUT2D eigenvalue weighted by molar-refractivity contribution is 0.506. The van der Waals surface area contributed by atoms with Crippen molar-refractivity contribution < 1.29 is 0 Å². The SMILES string of the molecule is CCC(C)(C)c1ccn2cnnc2c1. The summed E-state index contributed by atoms with van der Waals surface area (Å²) >= 11 is 0. The minimum absolute atomic E-state index is 0.216. The van der Waals surface area contributed by atoms with Gasteiger partial charge in [-0.25, -0.2) is 0 Å². The monoisotopic (exact) mass is 189 g/mol. The van der Waals surface area contributed by atoms with E-state index in [0.717, 1.165) is 12.1 Å². The first-order valence-electron chi connectivity index (χ1n) is 4.93. The number of fused-ring (bicyclic) bond motifs is 1. The Balaban J connectivity index is 2.53. The summed E-state index contributed by atoms with van der Waals surface area (Å²) in [6.07, 6.45) is 4.86. The van der Waals surface area contributed by atoms with Crippen LogP contribution in [-0.2, 0) is 5.41 Å². The number of pyridine rings is 1. The van der Waals surface area contributed by atoms with E-state index in [1.54, 1.807) is 6.33 Å². The molecule has 0 bridgehead atoms. The number of hydrogen-bond donors (Lipinski definition) is 0. The Morgan fingerprint density at radius 1 is 1.43 bits per heavy atom. The number of nitrogens with zero attached hydrogens (tertiary/aromatic N) is 3. The van der Waals surface area contributed by atoms with Crippen LogP contribution >= 0.6 is 0 Å². The van der Waals surface area contributed by atoms with Gasteiger partial charge < -0.3 is 0 Å². The summed E-state index contributed by atoms with van der Waals surface area (Å²) in [5.41, 5.74) is 2.46. The van der Waals surface area contributed by atoms with Crippen LogP contribution in [0.5, 0.6) is 0 Å². The molecule has 0 unspecified atom stereocenters. The zero-order valence-corrected chi connectivity index (χ0v) is 8.86. The second-order valence-electron chi connectivity index (χ2n) is 4.25. The predicted octanol–water partition coefficient (Wildman–Crippen LogP) is 2.42. The summed E-state index contributed by atoms with van der Waals surface area (Å²) in [6.45, 7) is 6.69. The minimum atomic E-state index is 0.216. The third kappa shape index (κ3) is 1.39. The van der Waals surface area contributed by atoms with Crippen LogP contribution < -0.4 is 0 Å². The first kappa shape index (κ1) is 9.19. The lowest BCUT2D eigenvalue weighted by Crippen LogP contribution is -2.15. The quantitative estimate of drug-likeness (QED) is 0.726. The van der Waals surface area contributed by atoms with Crippen LogP contribution in [0, 0.1) is 0 Å². The van der Waals surface area contributed by atoms with Crippen LogP contribution in [0.1, 0.15) is 32.8 Å². The van der Waals surface area contributed by atoms with E-state index in [4.69, 9.17) is 0 Å². The van der Waals surface area contributed by atoms with Gasteiger partial charge in [0.05, 0.1) is 0 Å². The highest BCUT2D eigenvalue weighted by molar-refractivity contribution is 5.42. The van der Waals surface area contributed by atoms with Gasteiger partial charge in [-0.05, 0) is 29.5 Å². The third-order valence-electron chi connectivity index (χ3n) is 2.97. The highest BCUT2D eigenvalue weighted by Crippen LogP contribution is 2.26. The molecule has 0 radical (unpaired) electrons. The van der Waals surface area contributed by atoms with Crippen molar-refractivity contribution in [3.05, 3.63) is 30.2 Å². The summed E-state index contributed by atoms with van der Waals surface area (Å²) in [6, 6.07) is 4.25. The Labute approximate surface area is 83.8 Å². The van der Waals surface area contributed by atoms with E-state index in [0.29, 0.717) is 0 Å². The first-order valence-corrected chi connectivity index (χ1v) is 4.93. The molecule has 0 aromatic carbocycles. The van der Waals surface area contributed by atoms with Gasteiger partial charge in [-0.15, -0.1) is 10.2 Å². The number of aromatic nitrogens is 3. The minimum Gasteiger partial charge on any atom is -0.289 e. The molecule has 0 fully saturated rings. The van der Waals surface area contributed by atoms with Crippen LogP contribution in [0.25, 0.3) is 5.65 Å². The lowest BCUT2D eigenvalue weighted by atomic mass is 9.83. The van der Waals surface area contributed by atoms with Crippen LogP contribution in [0.15, 0.2) is 24.7 Å². The lowest BCUT2D eigenvalue weighted by Gasteiger charge is -2.22. The predicted molar refractivity (Wildman–Crippen MR) is 56.3 cm³/mol. The summed E-state index contributed by atoms with van der Waals surface area (Å²) < 4.78 is 1.93. The molecular weight excluding hydrogens is 174 g/mol. The van der Waals surface area contributed by atoms with Crippen molar-refractivity contribution in [3.8, 4) is 0 Å². The van der Waals surface area contributed by atoms with Crippen molar-refractivity contribution in [1.82, 2.24) is 14.6 Å². The number of hydrogen-bond acceptors (Lipinski definition) is 2. The molecule has 0 atom stereocenters. The molecule has 2 aromatic heterocycles. The van der Waals surface area contributed by atoms with Crippen LogP contribution in [0.2, 0.25) is 0 Å². The Kier molecular flexibility index (Phi) is 2.02. The van der Waals surface area contributed by atoms with E-state index >= 15 is 0 Å². The Bertz CT molecular complexity index is 442. The van der Waals surface area contributed by atoms with Gasteiger partial charge in [0.15, 0.2) is 5.65 Å². The third-order valence-corrected chi connectivity index (χ3v) is 2.97. The molecule has 74 valence electrons. The van der Waals surface area contributed by atoms with Gasteiger partial charge in [-0.1, -0.05) is 20.8 Å². The normalized spacial score (nSPS) is 12.2. The summed E-state index contributed by atoms with van der Waals surface area (Å²) in [5, 5.41) is 7.90. The molecule has 0 amide bonds. The Morgan fingerprint density at radius 2 is 2.21 bits per heavy atom. The highest BCUT2D eigenvalue weighted by atomic mass is 15.2. The summed E-state index contributed by atoms with van der Waals surface area (Å²) in [7, 11) is 0. The van der Waals surface area contributed by atoms with E-state index < -0.39 is 0 Å². The van der Waals surface area contributed by atoms with Crippen molar-refractivity contribution in [1.29, 1.82) is 0 Å². The largest absolute Gasteiger partial charge is 0.289 e. The molecule has 3 heteroatoms. The maximum absolute atomic E-state index is 4.04. The van der Waals surface area contributed by atoms with Gasteiger partial charge in [-0.3, -0.25) is 4.40 Å². The average Bonchev–Trinajstić information content (AvgIpc) is 2.64. The molecule has 2 aromatic rings. The van der Waals surface area contributed by atoms with Crippen molar-refractivity contribution in [2.75, 3.05) is 0 Å². The van der Waals surface area contributed by atoms with Crippen molar-refractivity contribution in [3.63, 3.8) is 0 Å². The maximum Gasteiger partial charge on any atom is 0.160 e. The van der Waals surface area contributed by atoms with Crippen LogP contribution in [0.4, 0.5) is 0 Å². The molecule has 14 heavy (non-hydrogen) atoms. The molecule has 0 aliphatic carbocycles. The van der Waals surface area contributed by atoms with Crippen molar-refractivity contribution in [2.24, 2.45) is 0 Å². The Morgan fingerprint density at radius 3 is 2.93 bits per heavy atom. The second kappa shape index (κ2) is 3.08. The van der Waals surface area contributed by atoms with Gasteiger partial charge in [-0.2, -0.15) is 0 Å². The van der Waals surface area contributed by atoms with Gasteiger partial charge >= 0.3 is 0 Å². The molecule has 0 spiro atoms. The zero-order valence-electron chi connectivity index (χ0n) is 8.86. The zero-order chi connectivity index (χ0) is 10.2. The smallest absolute Gasteiger partial charge is 0.160 e. The van der Waals surface area contributed by atoms with E-state index in [2.05, 4.69) is 43.1 Å². The molecule has 0 N–H and O–H groups in total.